The van der Waals surface area contributed by atoms with Crippen molar-refractivity contribution in [1.82, 2.24) is 19.4 Å². The number of anilines is 1. The Hall–Kier alpha value is -3.75. The summed E-state index contributed by atoms with van der Waals surface area (Å²) in [6, 6.07) is 6.18. The molecule has 2 N–H and O–H groups in total. The molecule has 1 aromatic carbocycles. The number of hydrogen-bond donors (Lipinski definition) is 2. The summed E-state index contributed by atoms with van der Waals surface area (Å²) in [7, 11) is 0. The fourth-order valence-electron chi connectivity index (χ4n) is 4.72. The van der Waals surface area contributed by atoms with Crippen LogP contribution in [0.5, 0.6) is 0 Å². The first-order valence-electron chi connectivity index (χ1n) is 13.2. The molecule has 202 valence electrons. The third-order valence-corrected chi connectivity index (χ3v) is 6.48. The summed E-state index contributed by atoms with van der Waals surface area (Å²) in [5.74, 6) is -0.0473. The lowest BCUT2D eigenvalue weighted by Crippen LogP contribution is -2.26. The van der Waals surface area contributed by atoms with E-state index in [9.17, 15) is 18.8 Å². The topological polar surface area (TPSA) is 100 Å². The van der Waals surface area contributed by atoms with Crippen LogP contribution < -0.4 is 10.9 Å². The Labute approximate surface area is 221 Å². The van der Waals surface area contributed by atoms with E-state index in [0.717, 1.165) is 37.0 Å². The number of fused-ring (bicyclic) bond motifs is 1. The normalized spacial score (nSPS) is 14.1. The molecule has 2 aromatic heterocycles. The van der Waals surface area contributed by atoms with Gasteiger partial charge in [-0.15, -0.1) is 0 Å². The molecule has 0 bridgehead atoms. The number of rotatable bonds is 9. The summed E-state index contributed by atoms with van der Waals surface area (Å²) < 4.78 is 15.7. The van der Waals surface area contributed by atoms with Gasteiger partial charge in [0.1, 0.15) is 17.3 Å². The number of aromatic amines is 1. The molecule has 0 radical (unpaired) electrons. The predicted molar refractivity (Wildman–Crippen MR) is 146 cm³/mol. The zero-order chi connectivity index (χ0) is 27.3. The molecule has 38 heavy (non-hydrogen) atoms. The minimum absolute atomic E-state index is 0.0248. The van der Waals surface area contributed by atoms with E-state index in [1.807, 2.05) is 4.90 Å². The Morgan fingerprint density at radius 3 is 2.71 bits per heavy atom. The molecule has 3 aromatic rings. The van der Waals surface area contributed by atoms with Crippen molar-refractivity contribution >= 4 is 28.5 Å². The molecular weight excluding hydrogens is 485 g/mol. The van der Waals surface area contributed by atoms with E-state index in [1.54, 1.807) is 30.5 Å². The Kier molecular flexibility index (Phi) is 8.44. The van der Waals surface area contributed by atoms with Gasteiger partial charge in [-0.25, -0.2) is 9.37 Å². The molecule has 9 heteroatoms. The number of carbonyl (C=O) groups is 2. The van der Waals surface area contributed by atoms with Gasteiger partial charge in [-0.05, 0) is 67.4 Å². The molecule has 4 rings (SSSR count). The third-order valence-electron chi connectivity index (χ3n) is 6.48. The summed E-state index contributed by atoms with van der Waals surface area (Å²) in [4.78, 5) is 47.1. The summed E-state index contributed by atoms with van der Waals surface area (Å²) in [5.41, 5.74) is 1.94. The fourth-order valence-corrected chi connectivity index (χ4v) is 4.72. The molecule has 0 atom stereocenters. The molecule has 8 nitrogen and oxygen atoms in total. The van der Waals surface area contributed by atoms with Crippen molar-refractivity contribution in [2.75, 3.05) is 18.4 Å². The third kappa shape index (κ3) is 7.18. The molecular formula is C29H36FN5O3. The number of pyridine rings is 1. The molecule has 0 saturated carbocycles. The number of halogens is 1. The number of unbranched alkanes of at least 4 members (excludes halogenated alkanes) is 1. The average Bonchev–Trinajstić information content (AvgIpc) is 3.50. The number of benzene rings is 1. The lowest BCUT2D eigenvalue weighted by Gasteiger charge is -2.18. The second kappa shape index (κ2) is 11.8. The van der Waals surface area contributed by atoms with Crippen molar-refractivity contribution in [3.63, 3.8) is 0 Å². The number of allylic oxidation sites excluding steroid dienone is 1. The summed E-state index contributed by atoms with van der Waals surface area (Å²) >= 11 is 0. The number of hydrogen-bond acceptors (Lipinski definition) is 4. The van der Waals surface area contributed by atoms with Gasteiger partial charge < -0.3 is 19.8 Å². The van der Waals surface area contributed by atoms with Crippen LogP contribution in [0.3, 0.4) is 0 Å². The zero-order valence-electron chi connectivity index (χ0n) is 22.3. The zero-order valence-corrected chi connectivity index (χ0v) is 22.3. The Morgan fingerprint density at radius 1 is 1.21 bits per heavy atom. The van der Waals surface area contributed by atoms with Crippen LogP contribution in [-0.4, -0.2) is 44.3 Å². The smallest absolute Gasteiger partial charge is 0.274 e. The first-order chi connectivity index (χ1) is 18.1. The van der Waals surface area contributed by atoms with E-state index in [0.29, 0.717) is 30.6 Å². The van der Waals surface area contributed by atoms with Gasteiger partial charge in [0.05, 0.1) is 17.6 Å². The minimum Gasteiger partial charge on any atom is -0.340 e. The van der Waals surface area contributed by atoms with Gasteiger partial charge in [-0.2, -0.15) is 0 Å². The maximum Gasteiger partial charge on any atom is 0.274 e. The van der Waals surface area contributed by atoms with Crippen LogP contribution in [0.15, 0.2) is 47.4 Å². The number of nitrogens with one attached hydrogen (secondary N) is 2. The fraction of sp³-hybridized carbons (Fsp3) is 0.448. The van der Waals surface area contributed by atoms with Gasteiger partial charge in [-0.3, -0.25) is 14.4 Å². The molecule has 0 unspecified atom stereocenters. The number of likely N-dealkylation sites (tertiary alicyclic amines) is 1. The number of carbonyl (C=O) groups excluding carboxylic acids is 2. The SMILES string of the molecule is CC(C)(C)Cc1cc(F)cc2nc(Cn3cccc(NC(=O)CCC/C=C/C(=O)N4CCCC4)c3=O)[nH]c12. The number of nitrogens with zero attached hydrogens (tertiary/aromatic N) is 3. The number of aromatic nitrogens is 3. The van der Waals surface area contributed by atoms with E-state index in [4.69, 9.17) is 0 Å². The van der Waals surface area contributed by atoms with Crippen LogP contribution >= 0.6 is 0 Å². The quantitative estimate of drug-likeness (QED) is 0.312. The van der Waals surface area contributed by atoms with Gasteiger partial charge in [0, 0.05) is 31.8 Å². The van der Waals surface area contributed by atoms with Crippen molar-refractivity contribution in [3.05, 3.63) is 70.2 Å². The number of H-pyrrole nitrogens is 1. The molecule has 0 aliphatic carbocycles. The first kappa shape index (κ1) is 27.3. The van der Waals surface area contributed by atoms with Gasteiger partial charge in [-0.1, -0.05) is 26.8 Å². The van der Waals surface area contributed by atoms with Crippen molar-refractivity contribution in [2.24, 2.45) is 5.41 Å². The van der Waals surface area contributed by atoms with Crippen molar-refractivity contribution < 1.29 is 14.0 Å². The van der Waals surface area contributed by atoms with E-state index in [-0.39, 0.29) is 47.3 Å². The lowest BCUT2D eigenvalue weighted by molar-refractivity contribution is -0.125. The summed E-state index contributed by atoms with van der Waals surface area (Å²) in [6.07, 6.45) is 9.21. The van der Waals surface area contributed by atoms with Gasteiger partial charge in [0.15, 0.2) is 0 Å². The van der Waals surface area contributed by atoms with E-state index < -0.39 is 0 Å². The first-order valence-corrected chi connectivity index (χ1v) is 13.2. The Balaban J connectivity index is 1.36. The van der Waals surface area contributed by atoms with E-state index in [2.05, 4.69) is 36.1 Å². The van der Waals surface area contributed by atoms with Gasteiger partial charge >= 0.3 is 0 Å². The van der Waals surface area contributed by atoms with Crippen molar-refractivity contribution in [2.45, 2.75) is 65.8 Å². The molecule has 0 spiro atoms. The Bertz CT molecular complexity index is 1390. The number of amides is 2. The molecule has 1 aliphatic heterocycles. The van der Waals surface area contributed by atoms with Crippen LogP contribution in [0.4, 0.5) is 10.1 Å². The highest BCUT2D eigenvalue weighted by atomic mass is 19.1. The molecule has 1 aliphatic rings. The summed E-state index contributed by atoms with van der Waals surface area (Å²) in [5, 5.41) is 2.70. The van der Waals surface area contributed by atoms with E-state index in [1.165, 1.54) is 16.7 Å². The van der Waals surface area contributed by atoms with Gasteiger partial charge in [0.25, 0.3) is 5.56 Å². The minimum atomic E-state index is -0.349. The molecule has 2 amide bonds. The lowest BCUT2D eigenvalue weighted by atomic mass is 9.87. The second-order valence-electron chi connectivity index (χ2n) is 11.1. The Morgan fingerprint density at radius 2 is 1.97 bits per heavy atom. The van der Waals surface area contributed by atoms with Crippen molar-refractivity contribution in [1.29, 1.82) is 0 Å². The van der Waals surface area contributed by atoms with Crippen LogP contribution in [0.1, 0.15) is 64.3 Å². The van der Waals surface area contributed by atoms with Crippen LogP contribution in [0.25, 0.3) is 11.0 Å². The second-order valence-corrected chi connectivity index (χ2v) is 11.1. The highest BCUT2D eigenvalue weighted by molar-refractivity contribution is 5.90. The highest BCUT2D eigenvalue weighted by Gasteiger charge is 2.18. The van der Waals surface area contributed by atoms with Crippen LogP contribution in [0.2, 0.25) is 0 Å². The van der Waals surface area contributed by atoms with E-state index >= 15 is 0 Å². The maximum atomic E-state index is 14.2. The molecule has 1 fully saturated rings. The monoisotopic (exact) mass is 521 g/mol. The van der Waals surface area contributed by atoms with Crippen LogP contribution in [-0.2, 0) is 22.6 Å². The number of imidazole rings is 1. The van der Waals surface area contributed by atoms with Crippen molar-refractivity contribution in [3.8, 4) is 0 Å². The molecule has 1 saturated heterocycles. The average molecular weight is 522 g/mol. The largest absolute Gasteiger partial charge is 0.340 e. The highest BCUT2D eigenvalue weighted by Crippen LogP contribution is 2.27. The summed E-state index contributed by atoms with van der Waals surface area (Å²) in [6.45, 7) is 8.05. The standard InChI is InChI=1S/C29H36FN5O3/c1-29(2,3)18-20-16-21(30)17-23-27(20)33-24(31-23)19-35-15-9-10-22(28(35)38)32-25(36)11-5-4-6-12-26(37)34-13-7-8-14-34/h6,9-10,12,15-17H,4-5,7-8,11,13-14,18-19H2,1-3H3,(H,31,33)(H,32,36)/b12-6+. The van der Waals surface area contributed by atoms with Gasteiger partial charge in [0.2, 0.25) is 11.8 Å². The predicted octanol–water partition coefficient (Wildman–Crippen LogP) is 4.79. The molecule has 3 heterocycles. The van der Waals surface area contributed by atoms with Crippen LogP contribution in [0, 0.1) is 11.2 Å². The maximum absolute atomic E-state index is 14.2.